The number of amides is 1. The van der Waals surface area contributed by atoms with Gasteiger partial charge in [-0.1, -0.05) is 26.0 Å². The van der Waals surface area contributed by atoms with Crippen molar-refractivity contribution in [3.63, 3.8) is 0 Å². The van der Waals surface area contributed by atoms with E-state index in [-0.39, 0.29) is 29.6 Å². The largest absolute Gasteiger partial charge is 0.337 e. The molecule has 1 aliphatic heterocycles. The summed E-state index contributed by atoms with van der Waals surface area (Å²) in [5.41, 5.74) is 5.30. The van der Waals surface area contributed by atoms with Crippen LogP contribution in [0.15, 0.2) is 36.7 Å². The lowest BCUT2D eigenvalue weighted by Crippen LogP contribution is -2.49. The van der Waals surface area contributed by atoms with Gasteiger partial charge in [-0.3, -0.25) is 9.59 Å². The molecule has 2 aromatic heterocycles. The highest BCUT2D eigenvalue weighted by Gasteiger charge is 2.53. The van der Waals surface area contributed by atoms with Crippen LogP contribution in [0.1, 0.15) is 78.1 Å². The lowest BCUT2D eigenvalue weighted by atomic mass is 9.82. The number of fused-ring (bicyclic) bond motifs is 1. The Balaban J connectivity index is 1.46. The summed E-state index contributed by atoms with van der Waals surface area (Å²) in [5, 5.41) is 10.3. The molecular weight excluding hydrogens is 436 g/mol. The molecule has 6 nitrogen and oxygen atoms in total. The lowest BCUT2D eigenvalue weighted by molar-refractivity contribution is -0.139. The van der Waals surface area contributed by atoms with E-state index in [0.29, 0.717) is 17.0 Å². The fourth-order valence-corrected chi connectivity index (χ4v) is 5.83. The first kappa shape index (κ1) is 23.3. The van der Waals surface area contributed by atoms with Crippen molar-refractivity contribution in [1.29, 1.82) is 5.26 Å². The summed E-state index contributed by atoms with van der Waals surface area (Å²) in [6, 6.07) is 8.98. The van der Waals surface area contributed by atoms with E-state index in [1.54, 1.807) is 24.3 Å². The number of ketones is 1. The van der Waals surface area contributed by atoms with Crippen molar-refractivity contribution in [2.45, 2.75) is 64.3 Å². The third-order valence-corrected chi connectivity index (χ3v) is 7.97. The molecule has 1 unspecified atom stereocenters. The maximum Gasteiger partial charge on any atom is 0.225 e. The van der Waals surface area contributed by atoms with Crippen LogP contribution >= 0.6 is 0 Å². The second-order valence-electron chi connectivity index (χ2n) is 10.7. The Hall–Kier alpha value is -3.46. The van der Waals surface area contributed by atoms with Crippen molar-refractivity contribution >= 4 is 22.7 Å². The number of pyridine rings is 1. The fraction of sp³-hybridized carbons (Fsp3) is 0.448. The second-order valence-corrected chi connectivity index (χ2v) is 10.7. The Morgan fingerprint density at radius 3 is 2.74 bits per heavy atom. The van der Waals surface area contributed by atoms with Crippen LogP contribution in [0.25, 0.3) is 11.0 Å². The summed E-state index contributed by atoms with van der Waals surface area (Å²) in [6.07, 6.45) is 8.39. The number of Topliss-reactive ketones (excluding diaryl/α,β-unsaturated/α-hetero) is 1. The van der Waals surface area contributed by atoms with Crippen LogP contribution in [0.4, 0.5) is 0 Å². The quantitative estimate of drug-likeness (QED) is 0.490. The minimum absolute atomic E-state index is 0.0127. The fourth-order valence-electron chi connectivity index (χ4n) is 5.83. The van der Waals surface area contributed by atoms with E-state index in [1.807, 2.05) is 27.1 Å². The summed E-state index contributed by atoms with van der Waals surface area (Å²) < 4.78 is 2.09. The van der Waals surface area contributed by atoms with Crippen molar-refractivity contribution < 1.29 is 9.59 Å². The standard InChI is InChI=1S/C29H32N4O2/c1-18(2)28(35)33-11-8-22(14-29(33)9-10-29)24-17-32(4)27-26(24)19(3)23(16-31-27)13-25(34)21-7-5-6-20(12-21)15-30/h5-7,12,16-18,22H,8-11,13-14H2,1-4H3. The monoisotopic (exact) mass is 468 g/mol. The summed E-state index contributed by atoms with van der Waals surface area (Å²) in [7, 11) is 2.03. The Bertz CT molecular complexity index is 1370. The van der Waals surface area contributed by atoms with E-state index >= 15 is 0 Å². The zero-order valence-electron chi connectivity index (χ0n) is 21.0. The number of hydrogen-bond donors (Lipinski definition) is 0. The van der Waals surface area contributed by atoms with Gasteiger partial charge in [-0.25, -0.2) is 4.98 Å². The molecule has 6 heteroatoms. The lowest BCUT2D eigenvalue weighted by Gasteiger charge is -2.41. The zero-order valence-corrected chi connectivity index (χ0v) is 21.0. The number of hydrogen-bond acceptors (Lipinski definition) is 4. The Labute approximate surface area is 206 Å². The maximum atomic E-state index is 13.0. The minimum Gasteiger partial charge on any atom is -0.337 e. The van der Waals surface area contributed by atoms with Crippen LogP contribution in [0.5, 0.6) is 0 Å². The summed E-state index contributed by atoms with van der Waals surface area (Å²) in [5.74, 6) is 0.664. The molecule has 2 fully saturated rings. The van der Waals surface area contributed by atoms with E-state index < -0.39 is 0 Å². The van der Waals surface area contributed by atoms with Gasteiger partial charge in [0.15, 0.2) is 5.78 Å². The van der Waals surface area contributed by atoms with Crippen LogP contribution in [0.2, 0.25) is 0 Å². The molecule has 1 saturated heterocycles. The topological polar surface area (TPSA) is 79.0 Å². The number of rotatable bonds is 5. The first-order chi connectivity index (χ1) is 16.7. The van der Waals surface area contributed by atoms with E-state index in [0.717, 1.165) is 54.4 Å². The van der Waals surface area contributed by atoms with Gasteiger partial charge < -0.3 is 9.47 Å². The average molecular weight is 469 g/mol. The van der Waals surface area contributed by atoms with Crippen LogP contribution in [-0.4, -0.2) is 38.2 Å². The number of likely N-dealkylation sites (tertiary alicyclic amines) is 1. The van der Waals surface area contributed by atoms with Gasteiger partial charge in [-0.05, 0) is 67.3 Å². The molecule has 0 N–H and O–H groups in total. The molecule has 1 aliphatic carbocycles. The molecule has 3 heterocycles. The maximum absolute atomic E-state index is 13.0. The van der Waals surface area contributed by atoms with Crippen molar-refractivity contribution in [3.05, 3.63) is 64.5 Å². The molecule has 35 heavy (non-hydrogen) atoms. The van der Waals surface area contributed by atoms with Gasteiger partial charge in [-0.15, -0.1) is 0 Å². The molecule has 1 atom stereocenters. The molecule has 2 aliphatic rings. The van der Waals surface area contributed by atoms with E-state index in [9.17, 15) is 14.9 Å². The SMILES string of the molecule is Cc1c(CC(=O)c2cccc(C#N)c2)cnc2c1c(C1CCN(C(=O)C(C)C)C3(CC3)C1)cn2C. The van der Waals surface area contributed by atoms with Crippen molar-refractivity contribution in [2.75, 3.05) is 6.54 Å². The zero-order chi connectivity index (χ0) is 24.9. The third kappa shape index (κ3) is 4.03. The number of piperidine rings is 1. The highest BCUT2D eigenvalue weighted by Crippen LogP contribution is 2.53. The molecule has 1 aromatic carbocycles. The van der Waals surface area contributed by atoms with E-state index in [1.165, 1.54) is 5.56 Å². The molecule has 5 rings (SSSR count). The number of nitrogens with zero attached hydrogens (tertiary/aromatic N) is 4. The Kier molecular flexibility index (Phi) is 5.75. The number of carbonyl (C=O) groups excluding carboxylic acids is 2. The van der Waals surface area contributed by atoms with Gasteiger partial charge in [-0.2, -0.15) is 5.26 Å². The van der Waals surface area contributed by atoms with Gasteiger partial charge in [0.05, 0.1) is 11.6 Å². The summed E-state index contributed by atoms with van der Waals surface area (Å²) >= 11 is 0. The first-order valence-electron chi connectivity index (χ1n) is 12.5. The number of aryl methyl sites for hydroxylation is 2. The van der Waals surface area contributed by atoms with Crippen molar-refractivity contribution in [2.24, 2.45) is 13.0 Å². The molecular formula is C29H32N4O2. The highest BCUT2D eigenvalue weighted by molar-refractivity contribution is 5.98. The van der Waals surface area contributed by atoms with Crippen LogP contribution < -0.4 is 0 Å². The number of nitriles is 1. The van der Waals surface area contributed by atoms with Crippen molar-refractivity contribution in [1.82, 2.24) is 14.5 Å². The minimum atomic E-state index is -0.0127. The average Bonchev–Trinajstić information content (AvgIpc) is 3.53. The Morgan fingerprint density at radius 2 is 2.06 bits per heavy atom. The second kappa shape index (κ2) is 8.64. The molecule has 0 radical (unpaired) electrons. The smallest absolute Gasteiger partial charge is 0.225 e. The molecule has 180 valence electrons. The van der Waals surface area contributed by atoms with Crippen molar-refractivity contribution in [3.8, 4) is 6.07 Å². The van der Waals surface area contributed by atoms with Gasteiger partial charge in [0, 0.05) is 54.8 Å². The van der Waals surface area contributed by atoms with Gasteiger partial charge in [0.25, 0.3) is 0 Å². The summed E-state index contributed by atoms with van der Waals surface area (Å²) in [6.45, 7) is 6.87. The molecule has 0 bridgehead atoms. The number of aromatic nitrogens is 2. The first-order valence-corrected chi connectivity index (χ1v) is 12.5. The normalized spacial score (nSPS) is 18.7. The summed E-state index contributed by atoms with van der Waals surface area (Å²) in [4.78, 5) is 32.8. The van der Waals surface area contributed by atoms with E-state index in [4.69, 9.17) is 4.98 Å². The van der Waals surface area contributed by atoms with Crippen LogP contribution in [-0.2, 0) is 18.3 Å². The Morgan fingerprint density at radius 1 is 1.29 bits per heavy atom. The number of carbonyl (C=O) groups is 2. The van der Waals surface area contributed by atoms with Gasteiger partial charge >= 0.3 is 0 Å². The van der Waals surface area contributed by atoms with E-state index in [2.05, 4.69) is 28.7 Å². The van der Waals surface area contributed by atoms with Crippen LogP contribution in [0, 0.1) is 24.2 Å². The predicted octanol–water partition coefficient (Wildman–Crippen LogP) is 5.07. The number of benzene rings is 1. The van der Waals surface area contributed by atoms with Gasteiger partial charge in [0.2, 0.25) is 5.91 Å². The molecule has 1 spiro atoms. The predicted molar refractivity (Wildman–Crippen MR) is 135 cm³/mol. The van der Waals surface area contributed by atoms with Crippen LogP contribution in [0.3, 0.4) is 0 Å². The molecule has 1 amide bonds. The van der Waals surface area contributed by atoms with Gasteiger partial charge in [0.1, 0.15) is 5.65 Å². The third-order valence-electron chi connectivity index (χ3n) is 7.97. The molecule has 1 saturated carbocycles. The molecule has 3 aromatic rings. The highest BCUT2D eigenvalue weighted by atomic mass is 16.2.